The Hall–Kier alpha value is -2.71. The molecule has 46 heavy (non-hydrogen) atoms. The van der Waals surface area contributed by atoms with Crippen molar-refractivity contribution in [1.29, 1.82) is 0 Å². The Kier molecular flexibility index (Phi) is 27.9. The van der Waals surface area contributed by atoms with Gasteiger partial charge in [0.2, 0.25) is 0 Å². The number of carboxylic acid groups (broad SMARTS) is 1. The van der Waals surface area contributed by atoms with Crippen LogP contribution < -0.4 is 0 Å². The molecule has 1 N–H and O–H groups in total. The van der Waals surface area contributed by atoms with Crippen molar-refractivity contribution < 1.29 is 38.2 Å². The van der Waals surface area contributed by atoms with E-state index in [1.165, 1.54) is 25.7 Å². The molecule has 0 amide bonds. The van der Waals surface area contributed by atoms with Crippen LogP contribution in [0.4, 0.5) is 0 Å². The van der Waals surface area contributed by atoms with E-state index in [1.54, 1.807) is 0 Å². The lowest BCUT2D eigenvalue weighted by Crippen LogP contribution is -2.50. The molecule has 0 aromatic rings. The Morgan fingerprint density at radius 1 is 0.652 bits per heavy atom. The first-order valence-corrected chi connectivity index (χ1v) is 17.7. The van der Waals surface area contributed by atoms with Crippen LogP contribution in [0.5, 0.6) is 0 Å². The predicted molar refractivity (Wildman–Crippen MR) is 188 cm³/mol. The minimum atomic E-state index is -0.887. The van der Waals surface area contributed by atoms with Crippen molar-refractivity contribution >= 4 is 17.9 Å². The molecule has 0 spiro atoms. The molecule has 0 aliphatic carbocycles. The van der Waals surface area contributed by atoms with Gasteiger partial charge in [-0.2, -0.15) is 0 Å². The zero-order valence-electron chi connectivity index (χ0n) is 29.8. The third-order valence-electron chi connectivity index (χ3n) is 7.51. The summed E-state index contributed by atoms with van der Waals surface area (Å²) in [5, 5.41) is 9.55. The molecule has 0 saturated carbocycles. The van der Waals surface area contributed by atoms with Gasteiger partial charge >= 0.3 is 17.9 Å². The van der Waals surface area contributed by atoms with Gasteiger partial charge in [-0.3, -0.25) is 9.59 Å². The SMILES string of the molecule is CCCC/C=C/C=C/CCCCCC(=O)OCC(COCCC(C(=O)O)[N+](C)(C)C)OC(=O)CCCCC/C=C/C=C/CCCC. The molecule has 0 aromatic heterocycles. The van der Waals surface area contributed by atoms with Gasteiger partial charge in [0.25, 0.3) is 0 Å². The van der Waals surface area contributed by atoms with Crippen LogP contribution in [0.2, 0.25) is 0 Å². The highest BCUT2D eigenvalue weighted by Crippen LogP contribution is 2.11. The zero-order valence-corrected chi connectivity index (χ0v) is 29.8. The molecule has 2 atom stereocenters. The topological polar surface area (TPSA) is 99.1 Å². The molecule has 0 rings (SSSR count). The van der Waals surface area contributed by atoms with Gasteiger partial charge in [-0.15, -0.1) is 0 Å². The van der Waals surface area contributed by atoms with Crippen LogP contribution in [-0.2, 0) is 28.6 Å². The number of carbonyl (C=O) groups excluding carboxylic acids is 2. The van der Waals surface area contributed by atoms with E-state index in [2.05, 4.69) is 62.5 Å². The lowest BCUT2D eigenvalue weighted by atomic mass is 10.1. The molecule has 0 radical (unpaired) electrons. The normalized spacial score (nSPS) is 13.7. The maximum absolute atomic E-state index is 12.6. The van der Waals surface area contributed by atoms with Crippen molar-refractivity contribution in [3.63, 3.8) is 0 Å². The predicted octanol–water partition coefficient (Wildman–Crippen LogP) is 8.51. The smallest absolute Gasteiger partial charge is 0.362 e. The van der Waals surface area contributed by atoms with Gasteiger partial charge in [-0.25, -0.2) is 4.79 Å². The van der Waals surface area contributed by atoms with Crippen molar-refractivity contribution in [2.24, 2.45) is 0 Å². The van der Waals surface area contributed by atoms with E-state index in [0.717, 1.165) is 64.2 Å². The Morgan fingerprint density at radius 3 is 1.59 bits per heavy atom. The van der Waals surface area contributed by atoms with Crippen LogP contribution in [0, 0.1) is 0 Å². The summed E-state index contributed by atoms with van der Waals surface area (Å²) in [7, 11) is 5.48. The summed E-state index contributed by atoms with van der Waals surface area (Å²) in [5.41, 5.74) is 0. The van der Waals surface area contributed by atoms with Crippen molar-refractivity contribution in [1.82, 2.24) is 0 Å². The monoisotopic (exact) mass is 648 g/mol. The molecule has 0 fully saturated rings. The third kappa shape index (κ3) is 27.6. The van der Waals surface area contributed by atoms with Gasteiger partial charge in [0.1, 0.15) is 6.61 Å². The minimum absolute atomic E-state index is 0.0400. The molecular formula is C38H66NO7+. The largest absolute Gasteiger partial charge is 0.477 e. The van der Waals surface area contributed by atoms with Crippen molar-refractivity contribution in [2.75, 3.05) is 41.0 Å². The lowest BCUT2D eigenvalue weighted by molar-refractivity contribution is -0.887. The number of ether oxygens (including phenoxy) is 3. The fourth-order valence-corrected chi connectivity index (χ4v) is 4.63. The van der Waals surface area contributed by atoms with Crippen molar-refractivity contribution in [3.8, 4) is 0 Å². The van der Waals surface area contributed by atoms with Gasteiger partial charge in [0, 0.05) is 19.3 Å². The maximum Gasteiger partial charge on any atom is 0.362 e. The standard InChI is InChI=1S/C38H65NO7/c1-6-8-10-12-14-16-18-20-22-24-26-28-36(40)45-33-34(32-44-31-30-35(38(42)43)39(3,4)5)46-37(41)29-27-25-23-21-19-17-15-13-11-9-7-2/h12-19,34-35H,6-11,20-33H2,1-5H3/p+1/b14-12+,15-13+,18-16+,19-17+. The molecule has 0 heterocycles. The van der Waals surface area contributed by atoms with Crippen LogP contribution in [0.25, 0.3) is 0 Å². The van der Waals surface area contributed by atoms with E-state index < -0.39 is 18.1 Å². The van der Waals surface area contributed by atoms with E-state index in [9.17, 15) is 19.5 Å². The molecule has 0 aliphatic rings. The number of likely N-dealkylation sites (N-methyl/N-ethyl adjacent to an activating group) is 1. The van der Waals surface area contributed by atoms with Gasteiger partial charge in [-0.05, 0) is 51.4 Å². The molecule has 8 heteroatoms. The molecular weight excluding hydrogens is 582 g/mol. The average molecular weight is 649 g/mol. The highest BCUT2D eigenvalue weighted by atomic mass is 16.6. The molecule has 264 valence electrons. The summed E-state index contributed by atoms with van der Waals surface area (Å²) in [6.07, 6.45) is 31.6. The summed E-state index contributed by atoms with van der Waals surface area (Å²) in [6, 6.07) is -0.622. The molecule has 0 saturated heterocycles. The number of unbranched alkanes of at least 4 members (excludes halogenated alkanes) is 10. The number of quaternary nitrogens is 1. The van der Waals surface area contributed by atoms with Gasteiger partial charge in [-0.1, -0.05) is 101 Å². The third-order valence-corrected chi connectivity index (χ3v) is 7.51. The number of carbonyl (C=O) groups is 3. The minimum Gasteiger partial charge on any atom is -0.477 e. The summed E-state index contributed by atoms with van der Waals surface area (Å²) in [6.45, 7) is 4.53. The second-order valence-corrected chi connectivity index (χ2v) is 12.8. The Bertz CT molecular complexity index is 901. The highest BCUT2D eigenvalue weighted by molar-refractivity contribution is 5.72. The summed E-state index contributed by atoms with van der Waals surface area (Å²) >= 11 is 0. The quantitative estimate of drug-likeness (QED) is 0.0361. The van der Waals surface area contributed by atoms with Crippen LogP contribution in [0.3, 0.4) is 0 Å². The summed E-state index contributed by atoms with van der Waals surface area (Å²) < 4.78 is 17.1. The van der Waals surface area contributed by atoms with Gasteiger partial charge in [0.15, 0.2) is 12.1 Å². The fourth-order valence-electron chi connectivity index (χ4n) is 4.63. The first-order chi connectivity index (χ1) is 22.1. The zero-order chi connectivity index (χ0) is 34.3. The van der Waals surface area contributed by atoms with Crippen LogP contribution in [0.15, 0.2) is 48.6 Å². The fraction of sp³-hybridized carbons (Fsp3) is 0.711. The van der Waals surface area contributed by atoms with E-state index >= 15 is 0 Å². The average Bonchev–Trinajstić information content (AvgIpc) is 3.00. The van der Waals surface area contributed by atoms with E-state index in [1.807, 2.05) is 21.1 Å². The molecule has 2 unspecified atom stereocenters. The van der Waals surface area contributed by atoms with Crippen LogP contribution >= 0.6 is 0 Å². The van der Waals surface area contributed by atoms with Crippen LogP contribution in [0.1, 0.15) is 123 Å². The number of allylic oxidation sites excluding steroid dienone is 8. The number of hydrogen-bond acceptors (Lipinski definition) is 6. The molecule has 0 aliphatic heterocycles. The number of rotatable bonds is 30. The number of nitrogens with zero attached hydrogens (tertiary/aromatic N) is 1. The maximum atomic E-state index is 12.6. The van der Waals surface area contributed by atoms with Gasteiger partial charge < -0.3 is 23.8 Å². The first-order valence-electron chi connectivity index (χ1n) is 17.7. The van der Waals surface area contributed by atoms with Gasteiger partial charge in [0.05, 0.1) is 34.4 Å². The van der Waals surface area contributed by atoms with E-state index in [4.69, 9.17) is 14.2 Å². The number of carboxylic acids is 1. The molecule has 8 nitrogen and oxygen atoms in total. The number of esters is 2. The summed E-state index contributed by atoms with van der Waals surface area (Å²) in [4.78, 5) is 36.6. The lowest BCUT2D eigenvalue weighted by Gasteiger charge is -2.31. The van der Waals surface area contributed by atoms with Crippen molar-refractivity contribution in [3.05, 3.63) is 48.6 Å². The summed E-state index contributed by atoms with van der Waals surface area (Å²) in [5.74, 6) is -1.55. The van der Waals surface area contributed by atoms with Crippen LogP contribution in [-0.4, -0.2) is 80.6 Å². The number of hydrogen-bond donors (Lipinski definition) is 1. The Morgan fingerprint density at radius 2 is 1.13 bits per heavy atom. The second-order valence-electron chi connectivity index (χ2n) is 12.8. The second kappa shape index (κ2) is 29.7. The first kappa shape index (κ1) is 43.3. The number of aliphatic carboxylic acids is 1. The van der Waals surface area contributed by atoms with E-state index in [0.29, 0.717) is 12.8 Å². The Labute approximate surface area is 280 Å². The van der Waals surface area contributed by atoms with E-state index in [-0.39, 0.29) is 42.7 Å². The highest BCUT2D eigenvalue weighted by Gasteiger charge is 2.31. The molecule has 0 bridgehead atoms. The Balaban J connectivity index is 4.57. The molecule has 0 aromatic carbocycles. The van der Waals surface area contributed by atoms with Crippen molar-refractivity contribution in [2.45, 2.75) is 135 Å².